The zero-order chi connectivity index (χ0) is 15.3. The number of hydrogen-bond donors (Lipinski definition) is 2. The zero-order valence-electron chi connectivity index (χ0n) is 12.7. The van der Waals surface area contributed by atoms with E-state index in [1.54, 1.807) is 0 Å². The fourth-order valence-corrected chi connectivity index (χ4v) is 3.87. The molecule has 22 heavy (non-hydrogen) atoms. The number of piperidine rings is 1. The van der Waals surface area contributed by atoms with Gasteiger partial charge in [0.05, 0.1) is 12.2 Å². The summed E-state index contributed by atoms with van der Waals surface area (Å²) in [6, 6.07) is 0.363. The molecule has 3 atom stereocenters. The number of aliphatic hydroxyl groups is 1. The van der Waals surface area contributed by atoms with Crippen molar-refractivity contribution in [2.75, 3.05) is 13.1 Å². The Labute approximate surface area is 130 Å². The maximum Gasteiger partial charge on any atom is 0.249 e. The molecule has 0 aromatic heterocycles. The van der Waals surface area contributed by atoms with Gasteiger partial charge in [0.2, 0.25) is 11.8 Å². The Bertz CT molecular complexity index is 473. The molecule has 0 aromatic rings. The summed E-state index contributed by atoms with van der Waals surface area (Å²) in [4.78, 5) is 26.3. The van der Waals surface area contributed by atoms with Crippen molar-refractivity contribution >= 4 is 11.8 Å². The molecule has 2 N–H and O–H groups in total. The molecule has 2 aliphatic heterocycles. The van der Waals surface area contributed by atoms with Crippen LogP contribution in [0.15, 0.2) is 0 Å². The summed E-state index contributed by atoms with van der Waals surface area (Å²) in [6.45, 7) is 1.36. The predicted molar refractivity (Wildman–Crippen MR) is 77.9 cm³/mol. The van der Waals surface area contributed by atoms with E-state index in [2.05, 4.69) is 5.32 Å². The number of ether oxygens (including phenoxy) is 1. The van der Waals surface area contributed by atoms with Crippen LogP contribution in [0.4, 0.5) is 0 Å². The van der Waals surface area contributed by atoms with Crippen LogP contribution in [0.1, 0.15) is 38.5 Å². The van der Waals surface area contributed by atoms with Gasteiger partial charge >= 0.3 is 0 Å². The monoisotopic (exact) mass is 308 g/mol. The van der Waals surface area contributed by atoms with E-state index in [-0.39, 0.29) is 36.0 Å². The topological polar surface area (TPSA) is 78.9 Å². The first-order valence-electron chi connectivity index (χ1n) is 8.53. The summed E-state index contributed by atoms with van der Waals surface area (Å²) < 4.78 is 5.93. The third-order valence-electron chi connectivity index (χ3n) is 5.54. The lowest BCUT2D eigenvalue weighted by molar-refractivity contribution is -0.147. The molecule has 2 amide bonds. The summed E-state index contributed by atoms with van der Waals surface area (Å²) in [5, 5.41) is 12.4. The van der Waals surface area contributed by atoms with Crippen molar-refractivity contribution in [3.05, 3.63) is 0 Å². The molecule has 0 bridgehead atoms. The zero-order valence-corrected chi connectivity index (χ0v) is 12.7. The van der Waals surface area contributed by atoms with Crippen molar-refractivity contribution in [3.8, 4) is 0 Å². The Hall–Kier alpha value is -1.14. The number of fused-ring (bicyclic) bond motifs is 1. The van der Waals surface area contributed by atoms with Crippen LogP contribution in [-0.4, -0.2) is 59.3 Å². The van der Waals surface area contributed by atoms with Gasteiger partial charge in [0.25, 0.3) is 0 Å². The molecule has 122 valence electrons. The quantitative estimate of drug-likeness (QED) is 0.772. The van der Waals surface area contributed by atoms with Gasteiger partial charge in [-0.1, -0.05) is 0 Å². The third kappa shape index (κ3) is 2.74. The summed E-state index contributed by atoms with van der Waals surface area (Å²) in [6.07, 6.45) is 4.42. The van der Waals surface area contributed by atoms with Gasteiger partial charge in [-0.15, -0.1) is 0 Å². The van der Waals surface area contributed by atoms with Crippen LogP contribution in [0, 0.1) is 11.8 Å². The average molecular weight is 308 g/mol. The van der Waals surface area contributed by atoms with Gasteiger partial charge in [-0.05, 0) is 44.4 Å². The van der Waals surface area contributed by atoms with Gasteiger partial charge in [-0.25, -0.2) is 0 Å². The lowest BCUT2D eigenvalue weighted by Gasteiger charge is -2.39. The van der Waals surface area contributed by atoms with E-state index in [1.807, 2.05) is 4.90 Å². The Balaban J connectivity index is 1.31. The maximum atomic E-state index is 12.4. The Morgan fingerprint density at radius 1 is 1.14 bits per heavy atom. The van der Waals surface area contributed by atoms with E-state index in [4.69, 9.17) is 4.74 Å². The Morgan fingerprint density at radius 2 is 1.91 bits per heavy atom. The molecule has 0 aromatic carbocycles. The normalized spacial score (nSPS) is 40.8. The number of hydrogen-bond acceptors (Lipinski definition) is 4. The van der Waals surface area contributed by atoms with Crippen LogP contribution >= 0.6 is 0 Å². The molecule has 6 heteroatoms. The van der Waals surface area contributed by atoms with Crippen LogP contribution in [0.2, 0.25) is 0 Å². The Morgan fingerprint density at radius 3 is 2.59 bits per heavy atom. The van der Waals surface area contributed by atoms with Gasteiger partial charge < -0.3 is 20.1 Å². The van der Waals surface area contributed by atoms with Gasteiger partial charge in [-0.3, -0.25) is 9.59 Å². The fraction of sp³-hybridized carbons (Fsp3) is 0.875. The van der Waals surface area contributed by atoms with Crippen LogP contribution in [0.25, 0.3) is 0 Å². The molecular weight excluding hydrogens is 284 g/mol. The van der Waals surface area contributed by atoms with Crippen molar-refractivity contribution in [2.24, 2.45) is 11.8 Å². The van der Waals surface area contributed by atoms with Gasteiger partial charge in [0.15, 0.2) is 0 Å². The van der Waals surface area contributed by atoms with E-state index < -0.39 is 0 Å². The highest BCUT2D eigenvalue weighted by atomic mass is 16.5. The number of amides is 2. The number of aliphatic hydroxyl groups excluding tert-OH is 1. The number of likely N-dealkylation sites (tertiary alicyclic amines) is 1. The highest BCUT2D eigenvalue weighted by Gasteiger charge is 2.45. The van der Waals surface area contributed by atoms with E-state index in [9.17, 15) is 14.7 Å². The van der Waals surface area contributed by atoms with Crippen LogP contribution in [0.3, 0.4) is 0 Å². The average Bonchev–Trinajstić information content (AvgIpc) is 3.17. The molecule has 2 saturated heterocycles. The maximum absolute atomic E-state index is 12.4. The molecule has 2 saturated carbocycles. The second-order valence-electron chi connectivity index (χ2n) is 7.34. The first-order valence-corrected chi connectivity index (χ1v) is 8.53. The van der Waals surface area contributed by atoms with Crippen molar-refractivity contribution in [1.29, 1.82) is 0 Å². The molecule has 2 heterocycles. The number of nitrogens with zero attached hydrogens (tertiary/aromatic N) is 1. The molecular formula is C16H24N2O4. The summed E-state index contributed by atoms with van der Waals surface area (Å²) in [5.41, 5.74) is 0. The highest BCUT2D eigenvalue weighted by Crippen LogP contribution is 2.36. The lowest BCUT2D eigenvalue weighted by atomic mass is 9.80. The number of rotatable bonds is 3. The third-order valence-corrected chi connectivity index (χ3v) is 5.54. The van der Waals surface area contributed by atoms with Gasteiger partial charge in [0, 0.05) is 25.0 Å². The van der Waals surface area contributed by atoms with Gasteiger partial charge in [-0.2, -0.15) is 0 Å². The van der Waals surface area contributed by atoms with E-state index in [1.165, 1.54) is 0 Å². The van der Waals surface area contributed by atoms with Crippen LogP contribution in [-0.2, 0) is 14.3 Å². The van der Waals surface area contributed by atoms with Crippen molar-refractivity contribution < 1.29 is 19.4 Å². The van der Waals surface area contributed by atoms with E-state index >= 15 is 0 Å². The summed E-state index contributed by atoms with van der Waals surface area (Å²) in [5.74, 6) is 0.558. The molecule has 4 rings (SSSR count). The number of nitrogens with one attached hydrogen (secondary N) is 1. The standard InChI is InChI=1S/C16H24N2O4/c19-12-5-10(6-12)16(21)18-4-3-9-7-13(22-14(9)8-18)15(20)17-11-1-2-11/h9-14,19H,1-8H2,(H,17,20)/t9-,10?,12?,13+,14-/m0/s1. The first-order chi connectivity index (χ1) is 10.6. The molecule has 6 nitrogen and oxygen atoms in total. The van der Waals surface area contributed by atoms with Crippen molar-refractivity contribution in [3.63, 3.8) is 0 Å². The minimum Gasteiger partial charge on any atom is -0.393 e. The second-order valence-corrected chi connectivity index (χ2v) is 7.34. The van der Waals surface area contributed by atoms with E-state index in [0.29, 0.717) is 31.3 Å². The largest absolute Gasteiger partial charge is 0.393 e. The molecule has 2 aliphatic carbocycles. The van der Waals surface area contributed by atoms with Crippen LogP contribution in [0.5, 0.6) is 0 Å². The number of carbonyl (C=O) groups is 2. The summed E-state index contributed by atoms with van der Waals surface area (Å²) in [7, 11) is 0. The first kappa shape index (κ1) is 14.5. The summed E-state index contributed by atoms with van der Waals surface area (Å²) >= 11 is 0. The van der Waals surface area contributed by atoms with E-state index in [0.717, 1.165) is 32.2 Å². The fourth-order valence-electron chi connectivity index (χ4n) is 3.87. The second kappa shape index (κ2) is 5.49. The minimum absolute atomic E-state index is 0.00217. The lowest BCUT2D eigenvalue weighted by Crippen LogP contribution is -2.50. The molecule has 0 radical (unpaired) electrons. The van der Waals surface area contributed by atoms with Gasteiger partial charge in [0.1, 0.15) is 6.10 Å². The van der Waals surface area contributed by atoms with Crippen LogP contribution < -0.4 is 5.32 Å². The minimum atomic E-state index is -0.337. The molecule has 0 spiro atoms. The van der Waals surface area contributed by atoms with Crippen molar-refractivity contribution in [1.82, 2.24) is 10.2 Å². The smallest absolute Gasteiger partial charge is 0.249 e. The predicted octanol–water partition coefficient (Wildman–Crippen LogP) is 0.0419. The highest BCUT2D eigenvalue weighted by molar-refractivity contribution is 5.82. The molecule has 4 fully saturated rings. The Kier molecular flexibility index (Phi) is 3.61. The molecule has 0 unspecified atom stereocenters. The SMILES string of the molecule is O=C(NC1CC1)[C@H]1C[C@@H]2CCN(C(=O)C3CC(O)C3)C[C@@H]2O1. The molecule has 4 aliphatic rings. The van der Waals surface area contributed by atoms with Crippen molar-refractivity contribution in [2.45, 2.75) is 62.9 Å². The number of carbonyl (C=O) groups excluding carboxylic acids is 2.